The Labute approximate surface area is 287 Å². The van der Waals surface area contributed by atoms with Crippen LogP contribution in [0.3, 0.4) is 0 Å². The molecule has 0 amide bonds. The second-order valence-corrected chi connectivity index (χ2v) is 13.4. The van der Waals surface area contributed by atoms with Crippen LogP contribution in [0.25, 0.3) is 22.9 Å². The number of unbranched alkanes of at least 4 members (excludes halogenated alkanes) is 22. The molecule has 0 radical (unpaired) electrons. The van der Waals surface area contributed by atoms with Crippen LogP contribution in [0.2, 0.25) is 0 Å². The van der Waals surface area contributed by atoms with Gasteiger partial charge in [0.2, 0.25) is 11.8 Å². The summed E-state index contributed by atoms with van der Waals surface area (Å²) in [5, 5.41) is 8.56. The summed E-state index contributed by atoms with van der Waals surface area (Å²) >= 11 is 0. The Hall–Kier alpha value is -2.82. The van der Waals surface area contributed by atoms with Gasteiger partial charge in [-0.15, -0.1) is 10.2 Å². The van der Waals surface area contributed by atoms with Gasteiger partial charge in [0.1, 0.15) is 11.5 Å². The first kappa shape index (κ1) is 38.6. The summed E-state index contributed by atoms with van der Waals surface area (Å²) in [6.45, 7) is 6.09. The Morgan fingerprint density at radius 3 is 0.957 bits per heavy atom. The van der Waals surface area contributed by atoms with E-state index in [1.807, 2.05) is 48.5 Å². The SMILES string of the molecule is CCCCCCCCCCCCCCOc1ccc(-c2nnc(-c3ccc(OCCCCCCCCCCCCCC)cc3)o2)cc1. The molecule has 262 valence electrons. The van der Waals surface area contributed by atoms with Crippen LogP contribution in [0.15, 0.2) is 52.9 Å². The molecular weight excluding hydrogens is 580 g/mol. The van der Waals surface area contributed by atoms with Crippen molar-refractivity contribution in [2.24, 2.45) is 0 Å². The highest BCUT2D eigenvalue weighted by atomic mass is 16.5. The van der Waals surface area contributed by atoms with Crippen molar-refractivity contribution in [3.05, 3.63) is 48.5 Å². The lowest BCUT2D eigenvalue weighted by atomic mass is 10.1. The second-order valence-electron chi connectivity index (χ2n) is 13.4. The average molecular weight is 647 g/mol. The molecule has 3 aromatic rings. The summed E-state index contributed by atoms with van der Waals surface area (Å²) < 4.78 is 17.9. The van der Waals surface area contributed by atoms with E-state index < -0.39 is 0 Å². The van der Waals surface area contributed by atoms with Crippen molar-refractivity contribution in [3.8, 4) is 34.4 Å². The monoisotopic (exact) mass is 647 g/mol. The number of hydrogen-bond acceptors (Lipinski definition) is 5. The Balaban J connectivity index is 1.22. The van der Waals surface area contributed by atoms with Gasteiger partial charge in [-0.25, -0.2) is 0 Å². The van der Waals surface area contributed by atoms with Gasteiger partial charge in [-0.05, 0) is 61.4 Å². The molecule has 0 spiro atoms. The fourth-order valence-corrected chi connectivity index (χ4v) is 6.11. The fraction of sp³-hybridized carbons (Fsp3) is 0.667. The van der Waals surface area contributed by atoms with Crippen LogP contribution < -0.4 is 9.47 Å². The number of benzene rings is 2. The maximum atomic E-state index is 6.00. The normalized spacial score (nSPS) is 11.3. The molecule has 0 atom stereocenters. The average Bonchev–Trinajstić information content (AvgIpc) is 3.60. The van der Waals surface area contributed by atoms with Crippen LogP contribution >= 0.6 is 0 Å². The third kappa shape index (κ3) is 17.8. The third-order valence-corrected chi connectivity index (χ3v) is 9.16. The van der Waals surface area contributed by atoms with E-state index >= 15 is 0 Å². The Morgan fingerprint density at radius 1 is 0.383 bits per heavy atom. The zero-order valence-electron chi connectivity index (χ0n) is 30.1. The van der Waals surface area contributed by atoms with Gasteiger partial charge in [0.25, 0.3) is 0 Å². The molecule has 3 rings (SSSR count). The highest BCUT2D eigenvalue weighted by Crippen LogP contribution is 2.27. The third-order valence-electron chi connectivity index (χ3n) is 9.16. The van der Waals surface area contributed by atoms with Gasteiger partial charge in [0.05, 0.1) is 13.2 Å². The van der Waals surface area contributed by atoms with Crippen molar-refractivity contribution >= 4 is 0 Å². The smallest absolute Gasteiger partial charge is 0.248 e. The van der Waals surface area contributed by atoms with E-state index in [-0.39, 0.29) is 0 Å². The molecule has 0 aliphatic heterocycles. The lowest BCUT2D eigenvalue weighted by Gasteiger charge is -2.07. The fourth-order valence-electron chi connectivity index (χ4n) is 6.11. The summed E-state index contributed by atoms with van der Waals surface area (Å²) in [5.41, 5.74) is 1.78. The number of ether oxygens (including phenoxy) is 2. The highest BCUT2D eigenvalue weighted by Gasteiger charge is 2.11. The molecule has 2 aromatic carbocycles. The Bertz CT molecular complexity index is 1040. The van der Waals surface area contributed by atoms with Gasteiger partial charge in [-0.1, -0.05) is 155 Å². The van der Waals surface area contributed by atoms with Crippen molar-refractivity contribution in [2.45, 2.75) is 168 Å². The van der Waals surface area contributed by atoms with E-state index in [4.69, 9.17) is 13.9 Å². The first-order valence-corrected chi connectivity index (χ1v) is 19.6. The van der Waals surface area contributed by atoms with Crippen molar-refractivity contribution < 1.29 is 13.9 Å². The maximum Gasteiger partial charge on any atom is 0.248 e. The van der Waals surface area contributed by atoms with E-state index in [1.165, 1.54) is 141 Å². The molecule has 0 saturated carbocycles. The van der Waals surface area contributed by atoms with Crippen molar-refractivity contribution in [3.63, 3.8) is 0 Å². The maximum absolute atomic E-state index is 6.00. The van der Waals surface area contributed by atoms with Gasteiger partial charge < -0.3 is 13.9 Å². The summed E-state index contributed by atoms with van der Waals surface area (Å²) in [6, 6.07) is 15.9. The Kier molecular flexibility index (Phi) is 21.5. The summed E-state index contributed by atoms with van der Waals surface area (Å²) in [7, 11) is 0. The second kappa shape index (κ2) is 26.2. The van der Waals surface area contributed by atoms with Crippen LogP contribution in [0, 0.1) is 0 Å². The molecule has 0 aliphatic carbocycles. The molecule has 0 saturated heterocycles. The van der Waals surface area contributed by atoms with E-state index in [0.717, 1.165) is 48.7 Å². The molecule has 0 bridgehead atoms. The summed E-state index contributed by atoms with van der Waals surface area (Å²) in [6.07, 6.45) is 32.4. The van der Waals surface area contributed by atoms with E-state index in [2.05, 4.69) is 24.0 Å². The Morgan fingerprint density at radius 2 is 0.660 bits per heavy atom. The lowest BCUT2D eigenvalue weighted by molar-refractivity contribution is 0.304. The minimum atomic E-state index is 0.514. The zero-order valence-corrected chi connectivity index (χ0v) is 30.1. The van der Waals surface area contributed by atoms with Gasteiger partial charge in [0, 0.05) is 11.1 Å². The molecule has 5 nitrogen and oxygen atoms in total. The first-order valence-electron chi connectivity index (χ1n) is 19.6. The van der Waals surface area contributed by atoms with Crippen LogP contribution in [0.5, 0.6) is 11.5 Å². The lowest BCUT2D eigenvalue weighted by Crippen LogP contribution is -1.97. The van der Waals surface area contributed by atoms with Crippen molar-refractivity contribution in [1.82, 2.24) is 10.2 Å². The standard InChI is InChI=1S/C42H66N2O3/c1-3-5-7-9-11-13-15-17-19-21-23-25-35-45-39-31-27-37(28-32-39)41-43-44-42(47-41)38-29-33-40(34-30-38)46-36-26-24-22-20-18-16-14-12-10-8-6-4-2/h27-34H,3-26,35-36H2,1-2H3. The predicted octanol–water partition coefficient (Wildman–Crippen LogP) is 13.6. The molecular formula is C42H66N2O3. The van der Waals surface area contributed by atoms with Crippen LogP contribution in [0.4, 0.5) is 0 Å². The molecule has 47 heavy (non-hydrogen) atoms. The van der Waals surface area contributed by atoms with Gasteiger partial charge in [-0.3, -0.25) is 0 Å². The minimum absolute atomic E-state index is 0.514. The van der Waals surface area contributed by atoms with Crippen molar-refractivity contribution in [2.75, 3.05) is 13.2 Å². The summed E-state index contributed by atoms with van der Waals surface area (Å²) in [4.78, 5) is 0. The number of nitrogens with zero attached hydrogens (tertiary/aromatic N) is 2. The topological polar surface area (TPSA) is 57.4 Å². The summed E-state index contributed by atoms with van der Waals surface area (Å²) in [5.74, 6) is 2.80. The van der Waals surface area contributed by atoms with E-state index in [9.17, 15) is 0 Å². The van der Waals surface area contributed by atoms with Crippen LogP contribution in [0.1, 0.15) is 168 Å². The molecule has 0 fully saturated rings. The molecule has 1 heterocycles. The number of hydrogen-bond donors (Lipinski definition) is 0. The quantitative estimate of drug-likeness (QED) is 0.0674. The first-order chi connectivity index (χ1) is 23.3. The van der Waals surface area contributed by atoms with Gasteiger partial charge in [0.15, 0.2) is 0 Å². The minimum Gasteiger partial charge on any atom is -0.494 e. The molecule has 0 aliphatic rings. The molecule has 0 unspecified atom stereocenters. The molecule has 0 N–H and O–H groups in total. The number of rotatable bonds is 30. The van der Waals surface area contributed by atoms with E-state index in [0.29, 0.717) is 11.8 Å². The van der Waals surface area contributed by atoms with Crippen molar-refractivity contribution in [1.29, 1.82) is 0 Å². The molecule has 5 heteroatoms. The molecule has 1 aromatic heterocycles. The zero-order chi connectivity index (χ0) is 33.0. The number of aromatic nitrogens is 2. The largest absolute Gasteiger partial charge is 0.494 e. The predicted molar refractivity (Wildman–Crippen MR) is 198 cm³/mol. The van der Waals surface area contributed by atoms with Crippen LogP contribution in [-0.2, 0) is 0 Å². The van der Waals surface area contributed by atoms with Gasteiger partial charge in [-0.2, -0.15) is 0 Å². The van der Waals surface area contributed by atoms with E-state index in [1.54, 1.807) is 0 Å². The highest BCUT2D eigenvalue weighted by molar-refractivity contribution is 5.59. The van der Waals surface area contributed by atoms with Gasteiger partial charge >= 0.3 is 0 Å². The van der Waals surface area contributed by atoms with Crippen LogP contribution in [-0.4, -0.2) is 23.4 Å².